The molecule has 0 aliphatic heterocycles. The number of aryl methyl sites for hydroxylation is 1. The SMILES string of the molecule is Cc1occc1CN(C)c1nccc(C(=O)O)c1N. The highest BCUT2D eigenvalue weighted by molar-refractivity contribution is 5.96. The Kier molecular flexibility index (Phi) is 3.41. The Bertz CT molecular complexity index is 607. The summed E-state index contributed by atoms with van der Waals surface area (Å²) in [6, 6.07) is 3.25. The lowest BCUT2D eigenvalue weighted by molar-refractivity contribution is 0.0698. The largest absolute Gasteiger partial charge is 0.478 e. The van der Waals surface area contributed by atoms with Crippen molar-refractivity contribution in [3.05, 3.63) is 41.5 Å². The lowest BCUT2D eigenvalue weighted by Crippen LogP contribution is -2.20. The van der Waals surface area contributed by atoms with E-state index < -0.39 is 5.97 Å². The van der Waals surface area contributed by atoms with E-state index in [4.69, 9.17) is 15.3 Å². The van der Waals surface area contributed by atoms with Crippen molar-refractivity contribution in [2.45, 2.75) is 13.5 Å². The zero-order valence-corrected chi connectivity index (χ0v) is 10.8. The number of carboxylic acids is 1. The van der Waals surface area contributed by atoms with Crippen LogP contribution in [0.5, 0.6) is 0 Å². The van der Waals surface area contributed by atoms with E-state index in [0.29, 0.717) is 12.4 Å². The van der Waals surface area contributed by atoms with Gasteiger partial charge in [-0.1, -0.05) is 0 Å². The van der Waals surface area contributed by atoms with E-state index in [1.165, 1.54) is 12.3 Å². The van der Waals surface area contributed by atoms with Gasteiger partial charge in [0.2, 0.25) is 0 Å². The molecule has 0 aromatic carbocycles. The average Bonchev–Trinajstić information content (AvgIpc) is 2.74. The summed E-state index contributed by atoms with van der Waals surface area (Å²) in [4.78, 5) is 17.0. The molecular formula is C13H15N3O3. The van der Waals surface area contributed by atoms with Crippen LogP contribution in [-0.4, -0.2) is 23.1 Å². The first-order valence-electron chi connectivity index (χ1n) is 5.72. The maximum atomic E-state index is 11.0. The molecule has 0 saturated carbocycles. The van der Waals surface area contributed by atoms with Gasteiger partial charge in [0, 0.05) is 25.4 Å². The minimum absolute atomic E-state index is 0.0563. The zero-order valence-electron chi connectivity index (χ0n) is 10.8. The molecule has 2 aromatic heterocycles. The van der Waals surface area contributed by atoms with Gasteiger partial charge in [-0.25, -0.2) is 9.78 Å². The van der Waals surface area contributed by atoms with Gasteiger partial charge in [0.15, 0.2) is 5.82 Å². The summed E-state index contributed by atoms with van der Waals surface area (Å²) in [5.41, 5.74) is 7.07. The molecule has 2 heterocycles. The Morgan fingerprint density at radius 1 is 1.53 bits per heavy atom. The first-order chi connectivity index (χ1) is 9.00. The second kappa shape index (κ2) is 5.01. The standard InChI is InChI=1S/C13H15N3O3/c1-8-9(4-6-19-8)7-16(2)12-11(14)10(13(17)18)3-5-15-12/h3-6H,7,14H2,1-2H3,(H,17,18). The van der Waals surface area contributed by atoms with E-state index >= 15 is 0 Å². The second-order valence-electron chi connectivity index (χ2n) is 4.26. The number of pyridine rings is 1. The summed E-state index contributed by atoms with van der Waals surface area (Å²) in [5, 5.41) is 9.03. The number of aromatic carboxylic acids is 1. The van der Waals surface area contributed by atoms with Crippen molar-refractivity contribution in [1.82, 2.24) is 4.98 Å². The molecule has 0 fully saturated rings. The van der Waals surface area contributed by atoms with Crippen LogP contribution in [-0.2, 0) is 6.54 Å². The molecule has 0 unspecified atom stereocenters. The van der Waals surface area contributed by atoms with Crippen LogP contribution in [0, 0.1) is 6.92 Å². The van der Waals surface area contributed by atoms with Gasteiger partial charge in [0.25, 0.3) is 0 Å². The van der Waals surface area contributed by atoms with Crippen LogP contribution in [0.25, 0.3) is 0 Å². The monoisotopic (exact) mass is 261 g/mol. The molecule has 2 rings (SSSR count). The van der Waals surface area contributed by atoms with Crippen molar-refractivity contribution < 1.29 is 14.3 Å². The molecule has 6 heteroatoms. The molecule has 0 aliphatic rings. The van der Waals surface area contributed by atoms with E-state index in [9.17, 15) is 4.79 Å². The predicted molar refractivity (Wildman–Crippen MR) is 71.2 cm³/mol. The van der Waals surface area contributed by atoms with E-state index in [-0.39, 0.29) is 11.3 Å². The maximum Gasteiger partial charge on any atom is 0.337 e. The summed E-state index contributed by atoms with van der Waals surface area (Å²) in [6.45, 7) is 2.41. The van der Waals surface area contributed by atoms with Gasteiger partial charge in [-0.2, -0.15) is 0 Å². The average molecular weight is 261 g/mol. The highest BCUT2D eigenvalue weighted by atomic mass is 16.4. The Labute approximate surface area is 110 Å². The Hall–Kier alpha value is -2.50. The van der Waals surface area contributed by atoms with Crippen LogP contribution < -0.4 is 10.6 Å². The molecule has 0 spiro atoms. The van der Waals surface area contributed by atoms with Gasteiger partial charge >= 0.3 is 5.97 Å². The second-order valence-corrected chi connectivity index (χ2v) is 4.26. The number of hydrogen-bond donors (Lipinski definition) is 2. The Morgan fingerprint density at radius 2 is 2.26 bits per heavy atom. The van der Waals surface area contributed by atoms with Gasteiger partial charge in [-0.3, -0.25) is 0 Å². The lowest BCUT2D eigenvalue weighted by Gasteiger charge is -2.20. The van der Waals surface area contributed by atoms with E-state index in [1.54, 1.807) is 18.2 Å². The third kappa shape index (κ3) is 2.52. The quantitative estimate of drug-likeness (QED) is 0.873. The zero-order chi connectivity index (χ0) is 14.0. The van der Waals surface area contributed by atoms with Gasteiger partial charge in [-0.15, -0.1) is 0 Å². The van der Waals surface area contributed by atoms with E-state index in [0.717, 1.165) is 11.3 Å². The highest BCUT2D eigenvalue weighted by Gasteiger charge is 2.16. The highest BCUT2D eigenvalue weighted by Crippen LogP contribution is 2.25. The van der Waals surface area contributed by atoms with Crippen LogP contribution in [0.1, 0.15) is 21.7 Å². The van der Waals surface area contributed by atoms with Crippen LogP contribution >= 0.6 is 0 Å². The fraction of sp³-hybridized carbons (Fsp3) is 0.231. The number of carboxylic acid groups (broad SMARTS) is 1. The van der Waals surface area contributed by atoms with Crippen LogP contribution in [0.2, 0.25) is 0 Å². The number of furan rings is 1. The lowest BCUT2D eigenvalue weighted by atomic mass is 10.2. The minimum Gasteiger partial charge on any atom is -0.478 e. The van der Waals surface area contributed by atoms with Crippen LogP contribution in [0.3, 0.4) is 0 Å². The number of nitrogens with two attached hydrogens (primary N) is 1. The Morgan fingerprint density at radius 3 is 2.84 bits per heavy atom. The summed E-state index contributed by atoms with van der Waals surface area (Å²) in [5.74, 6) is 0.203. The number of nitrogens with zero attached hydrogens (tertiary/aromatic N) is 2. The van der Waals surface area contributed by atoms with E-state index in [2.05, 4.69) is 4.98 Å². The van der Waals surface area contributed by atoms with Crippen molar-refractivity contribution in [2.75, 3.05) is 17.7 Å². The first kappa shape index (κ1) is 12.9. The number of aromatic nitrogens is 1. The normalized spacial score (nSPS) is 10.4. The molecule has 3 N–H and O–H groups in total. The van der Waals surface area contributed by atoms with Crippen LogP contribution in [0.4, 0.5) is 11.5 Å². The number of carbonyl (C=O) groups is 1. The number of nitrogen functional groups attached to an aromatic ring is 1. The molecule has 100 valence electrons. The fourth-order valence-electron chi connectivity index (χ4n) is 1.86. The Balaban J connectivity index is 2.29. The molecule has 2 aromatic rings. The summed E-state index contributed by atoms with van der Waals surface area (Å²) in [7, 11) is 1.80. The molecule has 6 nitrogen and oxygen atoms in total. The van der Waals surface area contributed by atoms with Crippen molar-refractivity contribution in [3.8, 4) is 0 Å². The molecule has 0 saturated heterocycles. The third-order valence-electron chi connectivity index (χ3n) is 2.93. The minimum atomic E-state index is -1.06. The van der Waals surface area contributed by atoms with Crippen molar-refractivity contribution >= 4 is 17.5 Å². The van der Waals surface area contributed by atoms with Gasteiger partial charge in [0.05, 0.1) is 17.5 Å². The molecular weight excluding hydrogens is 246 g/mol. The van der Waals surface area contributed by atoms with Crippen molar-refractivity contribution in [1.29, 1.82) is 0 Å². The van der Waals surface area contributed by atoms with Gasteiger partial charge < -0.3 is 20.2 Å². The number of anilines is 2. The van der Waals surface area contributed by atoms with Crippen LogP contribution in [0.15, 0.2) is 29.0 Å². The first-order valence-corrected chi connectivity index (χ1v) is 5.72. The third-order valence-corrected chi connectivity index (χ3v) is 2.93. The topological polar surface area (TPSA) is 92.6 Å². The fourth-order valence-corrected chi connectivity index (χ4v) is 1.86. The van der Waals surface area contributed by atoms with Gasteiger partial charge in [0.1, 0.15) is 5.76 Å². The molecule has 0 bridgehead atoms. The van der Waals surface area contributed by atoms with Crippen molar-refractivity contribution in [2.24, 2.45) is 0 Å². The maximum absolute atomic E-state index is 11.0. The van der Waals surface area contributed by atoms with Crippen molar-refractivity contribution in [3.63, 3.8) is 0 Å². The summed E-state index contributed by atoms with van der Waals surface area (Å²) < 4.78 is 5.22. The molecule has 0 atom stereocenters. The number of rotatable bonds is 4. The number of hydrogen-bond acceptors (Lipinski definition) is 5. The molecule has 0 radical (unpaired) electrons. The molecule has 19 heavy (non-hydrogen) atoms. The van der Waals surface area contributed by atoms with Gasteiger partial charge in [-0.05, 0) is 19.1 Å². The molecule has 0 amide bonds. The smallest absolute Gasteiger partial charge is 0.337 e. The molecule has 0 aliphatic carbocycles. The summed E-state index contributed by atoms with van der Waals surface area (Å²) >= 11 is 0. The summed E-state index contributed by atoms with van der Waals surface area (Å²) in [6.07, 6.45) is 3.05. The van der Waals surface area contributed by atoms with E-state index in [1.807, 2.05) is 13.0 Å². The predicted octanol–water partition coefficient (Wildman–Crippen LogP) is 1.90.